The van der Waals surface area contributed by atoms with E-state index in [0.29, 0.717) is 24.2 Å². The lowest BCUT2D eigenvalue weighted by Crippen LogP contribution is -2.23. The van der Waals surface area contributed by atoms with Crippen LogP contribution in [0.2, 0.25) is 0 Å². The summed E-state index contributed by atoms with van der Waals surface area (Å²) in [6, 6.07) is 13.9. The summed E-state index contributed by atoms with van der Waals surface area (Å²) < 4.78 is 20.3. The molecule has 2 heterocycles. The first-order valence-electron chi connectivity index (χ1n) is 11.7. The number of pyridine rings is 1. The van der Waals surface area contributed by atoms with Crippen molar-refractivity contribution in [1.82, 2.24) is 15.2 Å². The molecule has 0 atom stereocenters. The minimum absolute atomic E-state index is 0.0467. The molecular formula is C29H30FN3O3. The average molecular weight is 488 g/mol. The molecule has 6 nitrogen and oxygen atoms in total. The quantitative estimate of drug-likeness (QED) is 0.409. The lowest BCUT2D eigenvalue weighted by Gasteiger charge is -2.19. The zero-order chi connectivity index (χ0) is 26.0. The van der Waals surface area contributed by atoms with Gasteiger partial charge in [0.25, 0.3) is 5.91 Å². The summed E-state index contributed by atoms with van der Waals surface area (Å²) in [5.41, 5.74) is 4.38. The normalized spacial score (nSPS) is 13.6. The van der Waals surface area contributed by atoms with Crippen LogP contribution in [0.3, 0.4) is 0 Å². The molecule has 4 rings (SSSR count). The lowest BCUT2D eigenvalue weighted by molar-refractivity contribution is 0.0760. The Bertz CT molecular complexity index is 1340. The van der Waals surface area contributed by atoms with E-state index in [1.165, 1.54) is 18.2 Å². The highest BCUT2D eigenvalue weighted by Gasteiger charge is 2.32. The number of hydrogen-bond donors (Lipinski definition) is 2. The van der Waals surface area contributed by atoms with Gasteiger partial charge in [0.05, 0.1) is 5.60 Å². The number of hydrogen-bond acceptors (Lipinski definition) is 5. The average Bonchev–Trinajstić information content (AvgIpc) is 3.14. The number of fused-ring (bicyclic) bond motifs is 1. The number of aliphatic hydroxyl groups is 1. The molecule has 0 fully saturated rings. The van der Waals surface area contributed by atoms with Crippen molar-refractivity contribution in [3.63, 3.8) is 0 Å². The summed E-state index contributed by atoms with van der Waals surface area (Å²) in [5, 5.41) is 13.3. The number of nitrogens with one attached hydrogen (secondary N) is 1. The van der Waals surface area contributed by atoms with Crippen LogP contribution in [0, 0.1) is 5.82 Å². The number of allylic oxidation sites excluding steroid dienone is 2. The van der Waals surface area contributed by atoms with Gasteiger partial charge >= 0.3 is 0 Å². The molecule has 1 aliphatic heterocycles. The Morgan fingerprint density at radius 3 is 2.61 bits per heavy atom. The first-order chi connectivity index (χ1) is 17.1. The number of rotatable bonds is 8. The number of benzene rings is 2. The van der Waals surface area contributed by atoms with Crippen molar-refractivity contribution >= 4 is 11.5 Å². The van der Waals surface area contributed by atoms with E-state index in [1.807, 2.05) is 44.4 Å². The predicted molar refractivity (Wildman–Crippen MR) is 138 cm³/mol. The van der Waals surface area contributed by atoms with E-state index < -0.39 is 11.4 Å². The molecule has 0 unspecified atom stereocenters. The van der Waals surface area contributed by atoms with Crippen molar-refractivity contribution in [2.45, 2.75) is 39.5 Å². The maximum Gasteiger partial charge on any atom is 0.260 e. The highest BCUT2D eigenvalue weighted by molar-refractivity contribution is 6.00. The van der Waals surface area contributed by atoms with Gasteiger partial charge in [-0.15, -0.1) is 0 Å². The van der Waals surface area contributed by atoms with Gasteiger partial charge in [-0.3, -0.25) is 4.79 Å². The number of carbonyl (C=O) groups excluding carboxylic acids is 1. The van der Waals surface area contributed by atoms with E-state index in [4.69, 9.17) is 4.74 Å². The zero-order valence-electron chi connectivity index (χ0n) is 20.9. The number of halogens is 1. The van der Waals surface area contributed by atoms with Gasteiger partial charge in [0.2, 0.25) is 5.88 Å². The maximum absolute atomic E-state index is 14.5. The minimum atomic E-state index is -1.17. The van der Waals surface area contributed by atoms with Crippen LogP contribution >= 0.6 is 0 Å². The van der Waals surface area contributed by atoms with Crippen LogP contribution in [-0.4, -0.2) is 27.9 Å². The van der Waals surface area contributed by atoms with E-state index in [2.05, 4.69) is 16.9 Å². The van der Waals surface area contributed by atoms with Gasteiger partial charge in [-0.2, -0.15) is 0 Å². The summed E-state index contributed by atoms with van der Waals surface area (Å²) in [4.78, 5) is 19.2. The standard InChI is InChI=1S/C29H30FN3O3/c1-18(2)23(15-31-5)20-8-6-19(7-9-20)16-33-17-21-12-13-32-27(26(21)28(33)34)36-25-14-22(29(3,4)35)10-11-24(25)30/h6-15,31,35H,1,16-17H2,2-5H3/b23-15+. The van der Waals surface area contributed by atoms with Gasteiger partial charge in [0.1, 0.15) is 5.56 Å². The molecule has 3 aromatic rings. The number of ether oxygens (including phenoxy) is 1. The van der Waals surface area contributed by atoms with Crippen molar-refractivity contribution in [2.24, 2.45) is 0 Å². The molecule has 36 heavy (non-hydrogen) atoms. The first kappa shape index (κ1) is 25.1. The molecule has 1 aromatic heterocycles. The van der Waals surface area contributed by atoms with Gasteiger partial charge in [0.15, 0.2) is 11.6 Å². The van der Waals surface area contributed by atoms with Crippen molar-refractivity contribution in [3.8, 4) is 11.6 Å². The largest absolute Gasteiger partial charge is 0.435 e. The Balaban J connectivity index is 1.55. The van der Waals surface area contributed by atoms with Crippen LogP contribution in [0.15, 0.2) is 73.1 Å². The third kappa shape index (κ3) is 5.16. The Kier molecular flexibility index (Phi) is 6.95. The predicted octanol–water partition coefficient (Wildman–Crippen LogP) is 5.53. The molecule has 2 N–H and O–H groups in total. The van der Waals surface area contributed by atoms with E-state index in [-0.39, 0.29) is 17.5 Å². The molecule has 1 aliphatic rings. The van der Waals surface area contributed by atoms with Crippen molar-refractivity contribution in [1.29, 1.82) is 0 Å². The van der Waals surface area contributed by atoms with Gasteiger partial charge in [0, 0.05) is 32.5 Å². The minimum Gasteiger partial charge on any atom is -0.435 e. The highest BCUT2D eigenvalue weighted by Crippen LogP contribution is 2.35. The number of carbonyl (C=O) groups is 1. The number of aromatic nitrogens is 1. The molecule has 0 saturated heterocycles. The molecule has 0 radical (unpaired) electrons. The van der Waals surface area contributed by atoms with Crippen LogP contribution in [0.4, 0.5) is 4.39 Å². The van der Waals surface area contributed by atoms with E-state index in [9.17, 15) is 14.3 Å². The van der Waals surface area contributed by atoms with Crippen LogP contribution in [-0.2, 0) is 18.7 Å². The summed E-state index contributed by atoms with van der Waals surface area (Å²) >= 11 is 0. The molecule has 1 amide bonds. The van der Waals surface area contributed by atoms with Crippen LogP contribution in [0.25, 0.3) is 5.57 Å². The molecule has 7 heteroatoms. The lowest BCUT2D eigenvalue weighted by atomic mass is 9.98. The SMILES string of the molecule is C=C(C)/C(=C\NC)c1ccc(CN2Cc3ccnc(Oc4cc(C(C)(C)O)ccc4F)c3C2=O)cc1. The molecule has 0 saturated carbocycles. The van der Waals surface area contributed by atoms with E-state index in [0.717, 1.165) is 27.8 Å². The molecule has 0 bridgehead atoms. The monoisotopic (exact) mass is 487 g/mol. The Morgan fingerprint density at radius 1 is 1.25 bits per heavy atom. The summed E-state index contributed by atoms with van der Waals surface area (Å²) in [6.07, 6.45) is 3.46. The third-order valence-corrected chi connectivity index (χ3v) is 6.10. The van der Waals surface area contributed by atoms with Crippen molar-refractivity contribution in [3.05, 3.63) is 107 Å². The van der Waals surface area contributed by atoms with Crippen LogP contribution in [0.5, 0.6) is 11.6 Å². The second kappa shape index (κ2) is 9.95. The van der Waals surface area contributed by atoms with Crippen LogP contribution < -0.4 is 10.1 Å². The Hall–Kier alpha value is -3.97. The molecule has 186 valence electrons. The highest BCUT2D eigenvalue weighted by atomic mass is 19.1. The van der Waals surface area contributed by atoms with E-state index >= 15 is 0 Å². The van der Waals surface area contributed by atoms with Crippen molar-refractivity contribution in [2.75, 3.05) is 7.05 Å². The topological polar surface area (TPSA) is 74.7 Å². The molecular weight excluding hydrogens is 457 g/mol. The maximum atomic E-state index is 14.5. The first-order valence-corrected chi connectivity index (χ1v) is 11.7. The Labute approximate surface area is 210 Å². The Morgan fingerprint density at radius 2 is 1.97 bits per heavy atom. The van der Waals surface area contributed by atoms with Crippen LogP contribution in [0.1, 0.15) is 53.4 Å². The second-order valence-corrected chi connectivity index (χ2v) is 9.44. The zero-order valence-corrected chi connectivity index (χ0v) is 20.9. The number of amides is 1. The number of nitrogens with zero attached hydrogens (tertiary/aromatic N) is 2. The fraction of sp³-hybridized carbons (Fsp3) is 0.241. The molecule has 0 spiro atoms. The third-order valence-electron chi connectivity index (χ3n) is 6.10. The fourth-order valence-corrected chi connectivity index (χ4v) is 4.16. The van der Waals surface area contributed by atoms with Gasteiger partial charge in [-0.05, 0) is 72.4 Å². The summed E-state index contributed by atoms with van der Waals surface area (Å²) in [5.74, 6) is -0.883. The fourth-order valence-electron chi connectivity index (χ4n) is 4.16. The van der Waals surface area contributed by atoms with Gasteiger partial charge < -0.3 is 20.1 Å². The molecule has 0 aliphatic carbocycles. The van der Waals surface area contributed by atoms with E-state index in [1.54, 1.807) is 31.0 Å². The second-order valence-electron chi connectivity index (χ2n) is 9.44. The van der Waals surface area contributed by atoms with Gasteiger partial charge in [-0.25, -0.2) is 9.37 Å². The summed E-state index contributed by atoms with van der Waals surface area (Å²) in [7, 11) is 1.85. The summed E-state index contributed by atoms with van der Waals surface area (Å²) in [6.45, 7) is 10.0. The van der Waals surface area contributed by atoms with Gasteiger partial charge in [-0.1, -0.05) is 36.9 Å². The molecule has 2 aromatic carbocycles. The van der Waals surface area contributed by atoms with Crippen molar-refractivity contribution < 1.29 is 19.0 Å². The smallest absolute Gasteiger partial charge is 0.260 e.